The van der Waals surface area contributed by atoms with Crippen LogP contribution in [0.15, 0.2) is 18.2 Å². The Bertz CT molecular complexity index is 309. The Balaban J connectivity index is 2.39. The first-order valence-electron chi connectivity index (χ1n) is 4.73. The molecule has 0 aromatic heterocycles. The zero-order valence-corrected chi connectivity index (χ0v) is 8.21. The largest absolute Gasteiger partial charge is 0.478 e. The minimum absolute atomic E-state index is 0.712. The minimum Gasteiger partial charge on any atom is -0.478 e. The molecule has 2 nitrogen and oxygen atoms in total. The van der Waals surface area contributed by atoms with Crippen LogP contribution in [0.4, 0.5) is 0 Å². The lowest BCUT2D eigenvalue weighted by atomic mass is 10.1. The van der Waals surface area contributed by atoms with Crippen molar-refractivity contribution in [3.63, 3.8) is 0 Å². The van der Waals surface area contributed by atoms with Gasteiger partial charge in [0.15, 0.2) is 0 Å². The van der Waals surface area contributed by atoms with Crippen LogP contribution in [0.25, 0.3) is 0 Å². The van der Waals surface area contributed by atoms with Crippen LogP contribution in [0, 0.1) is 0 Å². The van der Waals surface area contributed by atoms with Crippen LogP contribution >= 0.6 is 0 Å². The summed E-state index contributed by atoms with van der Waals surface area (Å²) in [7, 11) is 2.07. The van der Waals surface area contributed by atoms with Gasteiger partial charge in [0, 0.05) is 12.1 Å². The zero-order chi connectivity index (χ0) is 9.26. The van der Waals surface area contributed by atoms with E-state index in [1.807, 2.05) is 0 Å². The van der Waals surface area contributed by atoms with Crippen molar-refractivity contribution in [2.45, 2.75) is 19.9 Å². The summed E-state index contributed by atoms with van der Waals surface area (Å²) in [5.74, 6) is 1.11. The number of nitrogens with zero attached hydrogens (tertiary/aromatic N) is 1. The van der Waals surface area contributed by atoms with Gasteiger partial charge in [0.2, 0.25) is 0 Å². The Morgan fingerprint density at radius 1 is 1.46 bits per heavy atom. The van der Waals surface area contributed by atoms with Crippen molar-refractivity contribution >= 4 is 0 Å². The van der Waals surface area contributed by atoms with E-state index in [2.05, 4.69) is 37.1 Å². The zero-order valence-electron chi connectivity index (χ0n) is 8.21. The fraction of sp³-hybridized carbons (Fsp3) is 0.455. The number of benzene rings is 1. The molecular formula is C11H15NO. The molecule has 0 radical (unpaired) electrons. The summed E-state index contributed by atoms with van der Waals surface area (Å²) in [5, 5.41) is 0. The predicted octanol–water partition coefficient (Wildman–Crippen LogP) is 2.03. The Labute approximate surface area is 79.1 Å². The molecule has 1 heterocycles. The molecule has 0 saturated carbocycles. The van der Waals surface area contributed by atoms with Gasteiger partial charge in [-0.2, -0.15) is 0 Å². The molecule has 2 heteroatoms. The quantitative estimate of drug-likeness (QED) is 0.650. The number of aryl methyl sites for hydroxylation is 1. The van der Waals surface area contributed by atoms with E-state index in [0.717, 1.165) is 18.7 Å². The van der Waals surface area contributed by atoms with Crippen molar-refractivity contribution in [1.82, 2.24) is 4.90 Å². The van der Waals surface area contributed by atoms with Gasteiger partial charge in [-0.3, -0.25) is 4.90 Å². The molecule has 1 aromatic rings. The van der Waals surface area contributed by atoms with Crippen LogP contribution in [0.3, 0.4) is 0 Å². The van der Waals surface area contributed by atoms with E-state index in [4.69, 9.17) is 4.74 Å². The summed E-state index contributed by atoms with van der Waals surface area (Å²) in [4.78, 5) is 2.17. The third-order valence-corrected chi connectivity index (χ3v) is 2.43. The Kier molecular flexibility index (Phi) is 2.23. The number of para-hydroxylation sites is 1. The van der Waals surface area contributed by atoms with Crippen molar-refractivity contribution in [3.8, 4) is 5.75 Å². The van der Waals surface area contributed by atoms with Crippen molar-refractivity contribution < 1.29 is 4.74 Å². The predicted molar refractivity (Wildman–Crippen MR) is 52.8 cm³/mol. The first-order valence-corrected chi connectivity index (χ1v) is 4.73. The topological polar surface area (TPSA) is 12.5 Å². The van der Waals surface area contributed by atoms with Gasteiger partial charge in [0.05, 0.1) is 0 Å². The van der Waals surface area contributed by atoms with Crippen LogP contribution in [-0.2, 0) is 13.0 Å². The van der Waals surface area contributed by atoms with Crippen LogP contribution in [-0.4, -0.2) is 18.7 Å². The van der Waals surface area contributed by atoms with E-state index in [1.54, 1.807) is 0 Å². The highest BCUT2D eigenvalue weighted by atomic mass is 16.5. The number of hydrogen-bond acceptors (Lipinski definition) is 2. The molecule has 0 aliphatic carbocycles. The van der Waals surface area contributed by atoms with E-state index in [0.29, 0.717) is 6.73 Å². The van der Waals surface area contributed by atoms with Gasteiger partial charge >= 0.3 is 0 Å². The van der Waals surface area contributed by atoms with Crippen molar-refractivity contribution in [1.29, 1.82) is 0 Å². The molecule has 0 fully saturated rings. The van der Waals surface area contributed by atoms with Crippen molar-refractivity contribution in [2.75, 3.05) is 13.8 Å². The molecule has 0 N–H and O–H groups in total. The standard InChI is InChI=1S/C11H15NO/c1-3-9-5-4-6-10-7-12(2)8-13-11(9)10/h4-6H,3,7-8H2,1-2H3. The molecule has 0 saturated heterocycles. The molecule has 0 amide bonds. The van der Waals surface area contributed by atoms with Crippen LogP contribution in [0.2, 0.25) is 0 Å². The molecule has 13 heavy (non-hydrogen) atoms. The molecule has 0 unspecified atom stereocenters. The van der Waals surface area contributed by atoms with E-state index in [-0.39, 0.29) is 0 Å². The summed E-state index contributed by atoms with van der Waals surface area (Å²) >= 11 is 0. The van der Waals surface area contributed by atoms with Gasteiger partial charge in [-0.15, -0.1) is 0 Å². The number of ether oxygens (including phenoxy) is 1. The molecule has 0 spiro atoms. The molecule has 0 atom stereocenters. The molecule has 1 aromatic carbocycles. The Morgan fingerprint density at radius 3 is 3.08 bits per heavy atom. The summed E-state index contributed by atoms with van der Waals surface area (Å²) in [6.45, 7) is 3.88. The second kappa shape index (κ2) is 3.38. The maximum absolute atomic E-state index is 5.68. The van der Waals surface area contributed by atoms with Crippen molar-refractivity contribution in [2.24, 2.45) is 0 Å². The number of hydrogen-bond donors (Lipinski definition) is 0. The van der Waals surface area contributed by atoms with Crippen molar-refractivity contribution in [3.05, 3.63) is 29.3 Å². The SMILES string of the molecule is CCc1cccc2c1OCN(C)C2. The lowest BCUT2D eigenvalue weighted by molar-refractivity contribution is 0.120. The highest BCUT2D eigenvalue weighted by Crippen LogP contribution is 2.28. The smallest absolute Gasteiger partial charge is 0.142 e. The fourth-order valence-corrected chi connectivity index (χ4v) is 1.74. The summed E-state index contributed by atoms with van der Waals surface area (Å²) in [6.07, 6.45) is 1.05. The van der Waals surface area contributed by atoms with Crippen LogP contribution < -0.4 is 4.74 Å². The third-order valence-electron chi connectivity index (χ3n) is 2.43. The maximum atomic E-state index is 5.68. The first-order chi connectivity index (χ1) is 6.31. The van der Waals surface area contributed by atoms with E-state index >= 15 is 0 Å². The fourth-order valence-electron chi connectivity index (χ4n) is 1.74. The summed E-state index contributed by atoms with van der Waals surface area (Å²) in [5.41, 5.74) is 2.64. The Morgan fingerprint density at radius 2 is 2.31 bits per heavy atom. The third kappa shape index (κ3) is 1.54. The highest BCUT2D eigenvalue weighted by Gasteiger charge is 2.15. The van der Waals surface area contributed by atoms with Gasteiger partial charge in [-0.25, -0.2) is 0 Å². The molecule has 2 rings (SSSR count). The molecule has 1 aliphatic heterocycles. The molecule has 0 bridgehead atoms. The monoisotopic (exact) mass is 177 g/mol. The van der Waals surface area contributed by atoms with Gasteiger partial charge in [0.1, 0.15) is 12.5 Å². The highest BCUT2D eigenvalue weighted by molar-refractivity contribution is 5.42. The van der Waals surface area contributed by atoms with E-state index < -0.39 is 0 Å². The normalized spacial score (nSPS) is 16.5. The van der Waals surface area contributed by atoms with E-state index in [9.17, 15) is 0 Å². The van der Waals surface area contributed by atoms with Gasteiger partial charge in [-0.05, 0) is 19.0 Å². The van der Waals surface area contributed by atoms with Gasteiger partial charge in [-0.1, -0.05) is 25.1 Å². The van der Waals surface area contributed by atoms with Gasteiger partial charge < -0.3 is 4.74 Å². The molecular weight excluding hydrogens is 162 g/mol. The van der Waals surface area contributed by atoms with Gasteiger partial charge in [0.25, 0.3) is 0 Å². The molecule has 70 valence electrons. The first kappa shape index (κ1) is 8.57. The lowest BCUT2D eigenvalue weighted by Crippen LogP contribution is -2.28. The lowest BCUT2D eigenvalue weighted by Gasteiger charge is -2.27. The summed E-state index contributed by atoms with van der Waals surface area (Å²) in [6, 6.07) is 6.40. The van der Waals surface area contributed by atoms with Crippen LogP contribution in [0.5, 0.6) is 5.75 Å². The number of rotatable bonds is 1. The second-order valence-corrected chi connectivity index (χ2v) is 3.55. The number of fused-ring (bicyclic) bond motifs is 1. The average Bonchev–Trinajstić information content (AvgIpc) is 2.16. The second-order valence-electron chi connectivity index (χ2n) is 3.55. The van der Waals surface area contributed by atoms with Crippen LogP contribution in [0.1, 0.15) is 18.1 Å². The Hall–Kier alpha value is -1.02. The van der Waals surface area contributed by atoms with E-state index in [1.165, 1.54) is 11.1 Å². The average molecular weight is 177 g/mol. The maximum Gasteiger partial charge on any atom is 0.142 e. The molecule has 1 aliphatic rings. The summed E-state index contributed by atoms with van der Waals surface area (Å²) < 4.78 is 5.68. The minimum atomic E-state index is 0.712.